The second-order valence-electron chi connectivity index (χ2n) is 2.98. The highest BCUT2D eigenvalue weighted by molar-refractivity contribution is 7.80. The molecule has 0 atom stereocenters. The summed E-state index contributed by atoms with van der Waals surface area (Å²) in [6.07, 6.45) is 0. The van der Waals surface area contributed by atoms with E-state index in [1.54, 1.807) is 0 Å². The van der Waals surface area contributed by atoms with Gasteiger partial charge in [0, 0.05) is 6.54 Å². The number of benzene rings is 1. The van der Waals surface area contributed by atoms with Crippen LogP contribution in [0.4, 0.5) is 0 Å². The third-order valence-electron chi connectivity index (χ3n) is 1.76. The van der Waals surface area contributed by atoms with Crippen molar-refractivity contribution in [3.63, 3.8) is 0 Å². The number of rotatable bonds is 4. The quantitative estimate of drug-likeness (QED) is 0.635. The Morgan fingerprint density at radius 3 is 2.53 bits per heavy atom. The summed E-state index contributed by atoms with van der Waals surface area (Å²) in [5, 5.41) is 5.45. The molecule has 15 heavy (non-hydrogen) atoms. The van der Waals surface area contributed by atoms with Crippen LogP contribution in [0.2, 0.25) is 0 Å². The van der Waals surface area contributed by atoms with Gasteiger partial charge in [0.2, 0.25) is 5.91 Å². The maximum atomic E-state index is 11.2. The number of hydrogen-bond acceptors (Lipinski definition) is 2. The van der Waals surface area contributed by atoms with Gasteiger partial charge in [0.25, 0.3) is 0 Å². The fraction of sp³-hybridized carbons (Fsp3) is 0.200. The first-order valence-electron chi connectivity index (χ1n) is 4.52. The van der Waals surface area contributed by atoms with Gasteiger partial charge in [0.15, 0.2) is 5.11 Å². The third kappa shape index (κ3) is 4.97. The third-order valence-corrected chi connectivity index (χ3v) is 1.90. The number of carbonyl (C=O) groups excluding carboxylic acids is 1. The van der Waals surface area contributed by atoms with Crippen LogP contribution in [0.5, 0.6) is 0 Å². The molecular weight excluding hydrogens is 210 g/mol. The zero-order chi connectivity index (χ0) is 11.1. The van der Waals surface area contributed by atoms with Crippen LogP contribution in [-0.2, 0) is 11.3 Å². The average Bonchev–Trinajstić information content (AvgIpc) is 2.25. The van der Waals surface area contributed by atoms with Crippen LogP contribution in [0.25, 0.3) is 0 Å². The number of hydrogen-bond donors (Lipinski definition) is 3. The minimum atomic E-state index is -0.133. The summed E-state index contributed by atoms with van der Waals surface area (Å²) in [6.45, 7) is 0.626. The zero-order valence-electron chi connectivity index (χ0n) is 8.19. The summed E-state index contributed by atoms with van der Waals surface area (Å²) in [5.41, 5.74) is 6.24. The van der Waals surface area contributed by atoms with Gasteiger partial charge in [-0.1, -0.05) is 30.3 Å². The summed E-state index contributed by atoms with van der Waals surface area (Å²) in [4.78, 5) is 11.2. The molecule has 0 radical (unpaired) electrons. The summed E-state index contributed by atoms with van der Waals surface area (Å²) in [7, 11) is 0. The molecule has 0 spiro atoms. The molecule has 1 amide bonds. The van der Waals surface area contributed by atoms with Crippen LogP contribution in [0.15, 0.2) is 30.3 Å². The minimum Gasteiger partial charge on any atom is -0.376 e. The van der Waals surface area contributed by atoms with Crippen LogP contribution in [-0.4, -0.2) is 17.6 Å². The van der Waals surface area contributed by atoms with Crippen LogP contribution in [0.1, 0.15) is 5.56 Å². The van der Waals surface area contributed by atoms with E-state index in [4.69, 9.17) is 5.73 Å². The maximum absolute atomic E-state index is 11.2. The number of thiocarbonyl (C=S) groups is 1. The molecule has 1 aromatic carbocycles. The lowest BCUT2D eigenvalue weighted by molar-refractivity contribution is -0.120. The summed E-state index contributed by atoms with van der Waals surface area (Å²) >= 11 is 4.58. The second-order valence-corrected chi connectivity index (χ2v) is 3.42. The van der Waals surface area contributed by atoms with Crippen LogP contribution < -0.4 is 16.4 Å². The summed E-state index contributed by atoms with van der Waals surface area (Å²) < 4.78 is 0. The molecule has 1 rings (SSSR count). The summed E-state index contributed by atoms with van der Waals surface area (Å²) in [5.74, 6) is -0.133. The first-order chi connectivity index (χ1) is 7.18. The number of amides is 1. The Morgan fingerprint density at radius 1 is 1.27 bits per heavy atom. The number of nitrogens with two attached hydrogens (primary N) is 1. The molecule has 0 aliphatic rings. The molecule has 0 aliphatic heterocycles. The van der Waals surface area contributed by atoms with Gasteiger partial charge in [0.1, 0.15) is 0 Å². The molecule has 0 aromatic heterocycles. The molecule has 0 saturated heterocycles. The van der Waals surface area contributed by atoms with Crippen molar-refractivity contribution in [3.05, 3.63) is 35.9 Å². The zero-order valence-corrected chi connectivity index (χ0v) is 9.01. The van der Waals surface area contributed by atoms with E-state index in [9.17, 15) is 4.79 Å². The van der Waals surface area contributed by atoms with Crippen molar-refractivity contribution in [1.82, 2.24) is 10.6 Å². The van der Waals surface area contributed by atoms with Gasteiger partial charge in [-0.2, -0.15) is 0 Å². The van der Waals surface area contributed by atoms with E-state index in [2.05, 4.69) is 22.9 Å². The Kier molecular flexibility index (Phi) is 4.56. The molecule has 0 heterocycles. The van der Waals surface area contributed by atoms with Crippen molar-refractivity contribution in [2.75, 3.05) is 6.54 Å². The van der Waals surface area contributed by atoms with Gasteiger partial charge in [-0.15, -0.1) is 0 Å². The molecule has 0 unspecified atom stereocenters. The standard InChI is InChI=1S/C10H13N3OS/c11-10(15)13-7-9(14)12-6-8-4-2-1-3-5-8/h1-5H,6-7H2,(H,12,14)(H3,11,13,15). The topological polar surface area (TPSA) is 67.1 Å². The van der Waals surface area contributed by atoms with Crippen molar-refractivity contribution in [2.24, 2.45) is 5.73 Å². The lowest BCUT2D eigenvalue weighted by Crippen LogP contribution is -2.38. The van der Waals surface area contributed by atoms with Crippen molar-refractivity contribution in [1.29, 1.82) is 0 Å². The predicted octanol–water partition coefficient (Wildman–Crippen LogP) is 0.136. The van der Waals surface area contributed by atoms with Crippen LogP contribution >= 0.6 is 12.2 Å². The van der Waals surface area contributed by atoms with E-state index in [-0.39, 0.29) is 17.6 Å². The SMILES string of the molecule is NC(=S)NCC(=O)NCc1ccccc1. The van der Waals surface area contributed by atoms with Crippen molar-refractivity contribution in [3.8, 4) is 0 Å². The van der Waals surface area contributed by atoms with Gasteiger partial charge in [-0.25, -0.2) is 0 Å². The Balaban J connectivity index is 2.26. The van der Waals surface area contributed by atoms with Gasteiger partial charge in [-0.05, 0) is 17.8 Å². The Hall–Kier alpha value is -1.62. The van der Waals surface area contributed by atoms with Crippen molar-refractivity contribution >= 4 is 23.2 Å². The predicted molar refractivity (Wildman–Crippen MR) is 63.1 cm³/mol. The fourth-order valence-corrected chi connectivity index (χ4v) is 1.10. The smallest absolute Gasteiger partial charge is 0.239 e. The molecule has 0 saturated carbocycles. The van der Waals surface area contributed by atoms with E-state index < -0.39 is 0 Å². The monoisotopic (exact) mass is 223 g/mol. The molecule has 80 valence electrons. The van der Waals surface area contributed by atoms with Crippen molar-refractivity contribution in [2.45, 2.75) is 6.54 Å². The molecule has 0 aliphatic carbocycles. The maximum Gasteiger partial charge on any atom is 0.239 e. The highest BCUT2D eigenvalue weighted by atomic mass is 32.1. The second kappa shape index (κ2) is 5.98. The van der Waals surface area contributed by atoms with E-state index in [0.29, 0.717) is 6.54 Å². The summed E-state index contributed by atoms with van der Waals surface area (Å²) in [6, 6.07) is 9.67. The highest BCUT2D eigenvalue weighted by Gasteiger charge is 2.00. The molecular formula is C10H13N3OS. The average molecular weight is 223 g/mol. The van der Waals surface area contributed by atoms with Gasteiger partial charge < -0.3 is 16.4 Å². The lowest BCUT2D eigenvalue weighted by Gasteiger charge is -2.06. The van der Waals surface area contributed by atoms with Crippen molar-refractivity contribution < 1.29 is 4.79 Å². The number of carbonyl (C=O) groups is 1. The molecule has 0 fully saturated rings. The Bertz CT molecular complexity index is 340. The fourth-order valence-electron chi connectivity index (χ4n) is 1.03. The van der Waals surface area contributed by atoms with Crippen LogP contribution in [0, 0.1) is 0 Å². The van der Waals surface area contributed by atoms with Gasteiger partial charge in [-0.3, -0.25) is 4.79 Å². The molecule has 1 aromatic rings. The Labute approximate surface area is 93.9 Å². The normalized spacial score (nSPS) is 9.33. The largest absolute Gasteiger partial charge is 0.376 e. The minimum absolute atomic E-state index is 0.113. The molecule has 4 nitrogen and oxygen atoms in total. The first kappa shape index (κ1) is 11.5. The van der Waals surface area contributed by atoms with Crippen LogP contribution in [0.3, 0.4) is 0 Å². The first-order valence-corrected chi connectivity index (χ1v) is 4.93. The lowest BCUT2D eigenvalue weighted by atomic mass is 10.2. The van der Waals surface area contributed by atoms with E-state index in [1.165, 1.54) is 0 Å². The van der Waals surface area contributed by atoms with Gasteiger partial charge in [0.05, 0.1) is 6.54 Å². The van der Waals surface area contributed by atoms with Gasteiger partial charge >= 0.3 is 0 Å². The number of nitrogens with one attached hydrogen (secondary N) is 2. The Morgan fingerprint density at radius 2 is 1.93 bits per heavy atom. The van der Waals surface area contributed by atoms with E-state index in [1.807, 2.05) is 30.3 Å². The highest BCUT2D eigenvalue weighted by Crippen LogP contribution is 1.96. The molecule has 5 heteroatoms. The molecule has 4 N–H and O–H groups in total. The van der Waals surface area contributed by atoms with E-state index >= 15 is 0 Å². The molecule has 0 bridgehead atoms. The van der Waals surface area contributed by atoms with E-state index in [0.717, 1.165) is 5.56 Å².